The first-order valence-electron chi connectivity index (χ1n) is 6.05. The Balaban J connectivity index is 2.01. The average molecular weight is 248 g/mol. The molecule has 1 heterocycles. The number of benzene rings is 2. The van der Waals surface area contributed by atoms with Crippen LogP contribution in [0, 0.1) is 0 Å². The third-order valence-corrected chi connectivity index (χ3v) is 2.85. The lowest BCUT2D eigenvalue weighted by atomic mass is 10.1. The van der Waals surface area contributed by atoms with Crippen LogP contribution in [0.1, 0.15) is 5.56 Å². The molecule has 92 valence electrons. The van der Waals surface area contributed by atoms with E-state index in [0.29, 0.717) is 5.84 Å². The molecule has 1 aliphatic heterocycles. The smallest absolute Gasteiger partial charge is 0.250 e. The molecule has 0 bridgehead atoms. The summed E-state index contributed by atoms with van der Waals surface area (Å²) in [6, 6.07) is 19.3. The zero-order valence-corrected chi connectivity index (χ0v) is 10.2. The van der Waals surface area contributed by atoms with Crippen LogP contribution in [0.5, 0.6) is 0 Å². The second kappa shape index (κ2) is 4.90. The molecule has 0 saturated heterocycles. The van der Waals surface area contributed by atoms with E-state index in [9.17, 15) is 4.79 Å². The van der Waals surface area contributed by atoms with Crippen molar-refractivity contribution < 1.29 is 4.79 Å². The van der Waals surface area contributed by atoms with E-state index in [4.69, 9.17) is 0 Å². The molecule has 0 aliphatic carbocycles. The van der Waals surface area contributed by atoms with Crippen LogP contribution in [0.3, 0.4) is 0 Å². The Morgan fingerprint density at radius 2 is 1.47 bits per heavy atom. The number of hydrogen-bond donors (Lipinski definition) is 1. The van der Waals surface area contributed by atoms with Crippen LogP contribution in [0.2, 0.25) is 0 Å². The summed E-state index contributed by atoms with van der Waals surface area (Å²) >= 11 is 0. The van der Waals surface area contributed by atoms with Crippen LogP contribution in [0.4, 0.5) is 5.69 Å². The number of para-hydroxylation sites is 1. The topological polar surface area (TPSA) is 41.5 Å². The molecule has 0 fully saturated rings. The Morgan fingerprint density at radius 3 is 2.16 bits per heavy atom. The molecule has 1 aliphatic rings. The summed E-state index contributed by atoms with van der Waals surface area (Å²) in [6.45, 7) is 0. The Hall–Kier alpha value is -2.68. The molecule has 0 unspecified atom stereocenters. The number of rotatable bonds is 2. The maximum Gasteiger partial charge on any atom is 0.250 e. The number of amides is 1. The first-order chi connectivity index (χ1) is 9.33. The zero-order valence-electron chi connectivity index (χ0n) is 10.2. The van der Waals surface area contributed by atoms with Crippen molar-refractivity contribution in [1.29, 1.82) is 0 Å². The third kappa shape index (κ3) is 2.45. The Morgan fingerprint density at radius 1 is 0.842 bits per heavy atom. The fourth-order valence-electron chi connectivity index (χ4n) is 1.98. The summed E-state index contributed by atoms with van der Waals surface area (Å²) in [5.41, 5.74) is 2.63. The SMILES string of the molecule is O=C1C=C(c2ccccc2)/C(=N/c2ccccc2)N1. The molecule has 1 N–H and O–H groups in total. The van der Waals surface area contributed by atoms with Gasteiger partial charge in [0.2, 0.25) is 5.91 Å². The zero-order chi connectivity index (χ0) is 13.1. The molecule has 2 aromatic carbocycles. The molecular formula is C16H12N2O. The molecule has 19 heavy (non-hydrogen) atoms. The molecule has 0 radical (unpaired) electrons. The van der Waals surface area contributed by atoms with E-state index in [1.54, 1.807) is 6.08 Å². The number of amidine groups is 1. The number of nitrogens with zero attached hydrogens (tertiary/aromatic N) is 1. The third-order valence-electron chi connectivity index (χ3n) is 2.85. The van der Waals surface area contributed by atoms with Crippen molar-refractivity contribution in [2.24, 2.45) is 4.99 Å². The van der Waals surface area contributed by atoms with E-state index >= 15 is 0 Å². The van der Waals surface area contributed by atoms with Crippen molar-refractivity contribution in [1.82, 2.24) is 5.32 Å². The summed E-state index contributed by atoms with van der Waals surface area (Å²) in [5.74, 6) is 0.468. The predicted octanol–water partition coefficient (Wildman–Crippen LogP) is 2.93. The lowest BCUT2D eigenvalue weighted by Crippen LogP contribution is -2.22. The van der Waals surface area contributed by atoms with E-state index in [2.05, 4.69) is 10.3 Å². The van der Waals surface area contributed by atoms with Gasteiger partial charge < -0.3 is 5.32 Å². The lowest BCUT2D eigenvalue weighted by molar-refractivity contribution is -0.114. The van der Waals surface area contributed by atoms with Gasteiger partial charge in [-0.1, -0.05) is 48.5 Å². The van der Waals surface area contributed by atoms with Gasteiger partial charge in [-0.15, -0.1) is 0 Å². The first kappa shape index (κ1) is 11.4. The van der Waals surface area contributed by atoms with Crippen LogP contribution in [0.15, 0.2) is 71.7 Å². The van der Waals surface area contributed by atoms with Gasteiger partial charge in [0.15, 0.2) is 0 Å². The predicted molar refractivity (Wildman–Crippen MR) is 76.1 cm³/mol. The molecular weight excluding hydrogens is 236 g/mol. The van der Waals surface area contributed by atoms with E-state index in [1.807, 2.05) is 60.7 Å². The van der Waals surface area contributed by atoms with Gasteiger partial charge in [-0.25, -0.2) is 4.99 Å². The molecule has 1 amide bonds. The van der Waals surface area contributed by atoms with E-state index in [0.717, 1.165) is 16.8 Å². The van der Waals surface area contributed by atoms with Gasteiger partial charge in [-0.05, 0) is 17.7 Å². The average Bonchev–Trinajstić information content (AvgIpc) is 2.82. The summed E-state index contributed by atoms with van der Waals surface area (Å²) in [4.78, 5) is 16.0. The minimum absolute atomic E-state index is 0.131. The normalized spacial score (nSPS) is 16.3. The van der Waals surface area contributed by atoms with Gasteiger partial charge in [0, 0.05) is 11.6 Å². The van der Waals surface area contributed by atoms with Crippen molar-refractivity contribution in [2.45, 2.75) is 0 Å². The molecule has 0 spiro atoms. The highest BCUT2D eigenvalue weighted by molar-refractivity contribution is 6.36. The lowest BCUT2D eigenvalue weighted by Gasteiger charge is -2.04. The molecule has 3 nitrogen and oxygen atoms in total. The fourth-order valence-corrected chi connectivity index (χ4v) is 1.98. The van der Waals surface area contributed by atoms with E-state index in [1.165, 1.54) is 0 Å². The summed E-state index contributed by atoms with van der Waals surface area (Å²) in [5, 5.41) is 2.77. The summed E-state index contributed by atoms with van der Waals surface area (Å²) in [6.07, 6.45) is 1.58. The van der Waals surface area contributed by atoms with Crippen LogP contribution in [-0.4, -0.2) is 11.7 Å². The minimum Gasteiger partial charge on any atom is -0.307 e. The summed E-state index contributed by atoms with van der Waals surface area (Å²) in [7, 11) is 0. The van der Waals surface area contributed by atoms with Crippen LogP contribution < -0.4 is 5.32 Å². The van der Waals surface area contributed by atoms with E-state index in [-0.39, 0.29) is 5.91 Å². The van der Waals surface area contributed by atoms with Crippen molar-refractivity contribution >= 4 is 23.0 Å². The second-order valence-corrected chi connectivity index (χ2v) is 4.21. The molecule has 3 rings (SSSR count). The number of carbonyl (C=O) groups is 1. The van der Waals surface area contributed by atoms with Gasteiger partial charge in [0.05, 0.1) is 5.69 Å². The first-order valence-corrected chi connectivity index (χ1v) is 6.05. The van der Waals surface area contributed by atoms with Crippen molar-refractivity contribution in [3.05, 3.63) is 72.3 Å². The van der Waals surface area contributed by atoms with Gasteiger partial charge >= 0.3 is 0 Å². The summed E-state index contributed by atoms with van der Waals surface area (Å²) < 4.78 is 0. The fraction of sp³-hybridized carbons (Fsp3) is 0. The second-order valence-electron chi connectivity index (χ2n) is 4.21. The Kier molecular flexibility index (Phi) is 2.94. The Labute approximate surface area is 111 Å². The van der Waals surface area contributed by atoms with Gasteiger partial charge in [0.1, 0.15) is 5.84 Å². The highest BCUT2D eigenvalue weighted by Gasteiger charge is 2.20. The van der Waals surface area contributed by atoms with Gasteiger partial charge in [-0.2, -0.15) is 0 Å². The van der Waals surface area contributed by atoms with Crippen molar-refractivity contribution in [2.75, 3.05) is 0 Å². The van der Waals surface area contributed by atoms with Crippen molar-refractivity contribution in [3.8, 4) is 0 Å². The standard InChI is InChI=1S/C16H12N2O/c19-15-11-14(12-7-3-1-4-8-12)16(18-15)17-13-9-5-2-6-10-13/h1-11H,(H,17,18,19). The molecule has 0 aromatic heterocycles. The largest absolute Gasteiger partial charge is 0.307 e. The quantitative estimate of drug-likeness (QED) is 0.872. The maximum absolute atomic E-state index is 11.6. The number of aliphatic imine (C=N–C) groups is 1. The van der Waals surface area contributed by atoms with Crippen LogP contribution in [0.25, 0.3) is 5.57 Å². The molecule has 0 saturated carbocycles. The molecule has 3 heteroatoms. The monoisotopic (exact) mass is 248 g/mol. The number of hydrogen-bond acceptors (Lipinski definition) is 2. The molecule has 2 aromatic rings. The number of nitrogens with one attached hydrogen (secondary N) is 1. The van der Waals surface area contributed by atoms with Crippen LogP contribution >= 0.6 is 0 Å². The number of carbonyl (C=O) groups excluding carboxylic acids is 1. The Bertz CT molecular complexity index is 658. The molecule has 0 atom stereocenters. The highest BCUT2D eigenvalue weighted by atomic mass is 16.1. The van der Waals surface area contributed by atoms with Crippen LogP contribution in [-0.2, 0) is 4.79 Å². The van der Waals surface area contributed by atoms with Crippen molar-refractivity contribution in [3.63, 3.8) is 0 Å². The van der Waals surface area contributed by atoms with Gasteiger partial charge in [-0.3, -0.25) is 4.79 Å². The maximum atomic E-state index is 11.6. The van der Waals surface area contributed by atoms with E-state index < -0.39 is 0 Å². The van der Waals surface area contributed by atoms with Gasteiger partial charge in [0.25, 0.3) is 0 Å². The highest BCUT2D eigenvalue weighted by Crippen LogP contribution is 2.21. The minimum atomic E-state index is -0.131.